The molecule has 3 aromatic rings. The van der Waals surface area contributed by atoms with Crippen LogP contribution < -0.4 is 10.4 Å². The second-order valence-corrected chi connectivity index (χ2v) is 16.5. The molecule has 0 aliphatic carbocycles. The van der Waals surface area contributed by atoms with Gasteiger partial charge in [-0.05, 0) is 34.8 Å². The molecule has 0 aromatic heterocycles. The smallest absolute Gasteiger partial charge is 0.411 e. The first-order valence-electron chi connectivity index (χ1n) is 14.1. The van der Waals surface area contributed by atoms with Crippen molar-refractivity contribution in [1.29, 1.82) is 0 Å². The van der Waals surface area contributed by atoms with Gasteiger partial charge in [0.05, 0.1) is 12.6 Å². The Hall–Kier alpha value is -3.30. The number of ether oxygens (including phenoxy) is 3. The van der Waals surface area contributed by atoms with E-state index in [1.807, 2.05) is 80.6 Å². The summed E-state index contributed by atoms with van der Waals surface area (Å²) in [5.41, 5.74) is 0.858. The Morgan fingerprint density at radius 3 is 1.90 bits per heavy atom. The Bertz CT molecular complexity index is 1290. The molecule has 3 aromatic carbocycles. The molecule has 2 saturated heterocycles. The van der Waals surface area contributed by atoms with Gasteiger partial charge in [-0.3, -0.25) is 4.90 Å². The average molecular weight is 574 g/mol. The van der Waals surface area contributed by atoms with Crippen LogP contribution in [0.1, 0.15) is 40.2 Å². The van der Waals surface area contributed by atoms with Gasteiger partial charge >= 0.3 is 6.09 Å². The number of rotatable bonds is 8. The van der Waals surface area contributed by atoms with E-state index < -0.39 is 44.5 Å². The van der Waals surface area contributed by atoms with Crippen LogP contribution >= 0.6 is 0 Å². The van der Waals surface area contributed by atoms with E-state index in [-0.39, 0.29) is 18.3 Å². The number of nitrogens with zero attached hydrogens (tertiary/aromatic N) is 1. The maximum absolute atomic E-state index is 13.6. The number of hydrogen-bond acceptors (Lipinski definition) is 6. The van der Waals surface area contributed by atoms with Crippen molar-refractivity contribution >= 4 is 31.1 Å². The highest BCUT2D eigenvalue weighted by atomic mass is 28.4. The Kier molecular flexibility index (Phi) is 8.21. The summed E-state index contributed by atoms with van der Waals surface area (Å²) in [5, 5.41) is 1.99. The zero-order valence-electron chi connectivity index (χ0n) is 24.4. The minimum absolute atomic E-state index is 0.0899. The molecule has 8 heteroatoms. The zero-order valence-corrected chi connectivity index (χ0v) is 25.4. The summed E-state index contributed by atoms with van der Waals surface area (Å²) < 4.78 is 25.4. The quantitative estimate of drug-likeness (QED) is 0.288. The topological polar surface area (TPSA) is 74.3 Å². The molecule has 2 aliphatic heterocycles. The van der Waals surface area contributed by atoms with Crippen LogP contribution in [0.2, 0.25) is 5.04 Å². The Morgan fingerprint density at radius 1 is 0.878 bits per heavy atom. The van der Waals surface area contributed by atoms with Gasteiger partial charge in [-0.2, -0.15) is 0 Å². The van der Waals surface area contributed by atoms with Crippen molar-refractivity contribution in [1.82, 2.24) is 4.90 Å². The molecule has 0 saturated carbocycles. The van der Waals surface area contributed by atoms with Gasteiger partial charge in [-0.15, -0.1) is 0 Å². The molecule has 216 valence electrons. The second-order valence-electron chi connectivity index (χ2n) is 12.2. The Balaban J connectivity index is 1.52. The minimum atomic E-state index is -2.93. The van der Waals surface area contributed by atoms with Crippen LogP contribution in [0.4, 0.5) is 4.79 Å². The molecule has 1 amide bonds. The van der Waals surface area contributed by atoms with Crippen molar-refractivity contribution < 1.29 is 28.2 Å². The lowest BCUT2D eigenvalue weighted by Gasteiger charge is -2.44. The fourth-order valence-electron chi connectivity index (χ4n) is 6.26. The third kappa shape index (κ3) is 5.62. The minimum Gasteiger partial charge on any atom is -0.445 e. The first kappa shape index (κ1) is 29.2. The van der Waals surface area contributed by atoms with Crippen LogP contribution in [-0.2, 0) is 30.0 Å². The van der Waals surface area contributed by atoms with Gasteiger partial charge in [0.1, 0.15) is 31.1 Å². The van der Waals surface area contributed by atoms with Crippen LogP contribution in [-0.4, -0.2) is 62.3 Å². The summed E-state index contributed by atoms with van der Waals surface area (Å²) in [7, 11) is -2.93. The maximum Gasteiger partial charge on any atom is 0.411 e. The summed E-state index contributed by atoms with van der Waals surface area (Å²) in [6, 6.07) is 28.7. The molecule has 41 heavy (non-hydrogen) atoms. The lowest BCUT2D eigenvalue weighted by atomic mass is 10.1. The molecule has 0 radical (unpaired) electrons. The molecular formula is C33H39NO6Si. The lowest BCUT2D eigenvalue weighted by Crippen LogP contribution is -2.67. The summed E-state index contributed by atoms with van der Waals surface area (Å²) in [4.78, 5) is 27.6. The summed E-state index contributed by atoms with van der Waals surface area (Å²) in [6.07, 6.45) is -1.02. The van der Waals surface area contributed by atoms with Gasteiger partial charge in [-0.1, -0.05) is 112 Å². The molecule has 2 fully saturated rings. The van der Waals surface area contributed by atoms with Gasteiger partial charge in [0, 0.05) is 0 Å². The summed E-state index contributed by atoms with van der Waals surface area (Å²) in [6.45, 7) is 10.5. The molecule has 7 nitrogen and oxygen atoms in total. The van der Waals surface area contributed by atoms with Crippen molar-refractivity contribution in [2.75, 3.05) is 6.61 Å². The lowest BCUT2D eigenvalue weighted by molar-refractivity contribution is -0.167. The highest BCUT2D eigenvalue weighted by molar-refractivity contribution is 6.99. The number of benzene rings is 3. The Labute approximate surface area is 243 Å². The molecule has 4 atom stereocenters. The number of likely N-dealkylation sites (tertiary alicyclic amines) is 1. The fourth-order valence-corrected chi connectivity index (χ4v) is 10.8. The fraction of sp³-hybridized carbons (Fsp3) is 0.394. The molecule has 2 aliphatic rings. The number of aldehydes is 1. The van der Waals surface area contributed by atoms with E-state index in [1.54, 1.807) is 0 Å². The average Bonchev–Trinajstić information content (AvgIpc) is 3.42. The van der Waals surface area contributed by atoms with Crippen molar-refractivity contribution in [3.8, 4) is 0 Å². The van der Waals surface area contributed by atoms with Crippen molar-refractivity contribution in [3.05, 3.63) is 96.6 Å². The monoisotopic (exact) mass is 573 g/mol. The molecule has 2 heterocycles. The van der Waals surface area contributed by atoms with E-state index in [1.165, 1.54) is 4.90 Å². The molecule has 0 bridgehead atoms. The predicted octanol–water partition coefficient (Wildman–Crippen LogP) is 4.67. The van der Waals surface area contributed by atoms with E-state index in [0.29, 0.717) is 0 Å². The van der Waals surface area contributed by atoms with E-state index in [4.69, 9.17) is 18.6 Å². The van der Waals surface area contributed by atoms with Crippen molar-refractivity contribution in [2.24, 2.45) is 0 Å². The van der Waals surface area contributed by atoms with Gasteiger partial charge in [0.15, 0.2) is 5.79 Å². The molecular weight excluding hydrogens is 534 g/mol. The van der Waals surface area contributed by atoms with Gasteiger partial charge < -0.3 is 23.4 Å². The van der Waals surface area contributed by atoms with E-state index >= 15 is 0 Å². The highest BCUT2D eigenvalue weighted by Crippen LogP contribution is 2.42. The van der Waals surface area contributed by atoms with Crippen LogP contribution in [0.25, 0.3) is 0 Å². The van der Waals surface area contributed by atoms with Gasteiger partial charge in [0.2, 0.25) is 0 Å². The molecule has 0 unspecified atom stereocenters. The number of carbonyl (C=O) groups is 2. The van der Waals surface area contributed by atoms with Crippen LogP contribution in [0, 0.1) is 0 Å². The SMILES string of the molecule is CC1(C)O[C@@H]2[C@H](O1)[C@@H](CO[Si](c1ccccc1)(c1ccccc1)C(C)(C)C)N(C(=O)OCc1ccccc1)[C@@H]2C=O. The van der Waals surface area contributed by atoms with Crippen molar-refractivity contribution in [2.45, 2.75) is 76.3 Å². The molecule has 5 rings (SSSR count). The first-order valence-corrected chi connectivity index (χ1v) is 16.0. The van der Waals surface area contributed by atoms with Crippen LogP contribution in [0.5, 0.6) is 0 Å². The summed E-state index contributed by atoms with van der Waals surface area (Å²) >= 11 is 0. The van der Waals surface area contributed by atoms with Crippen molar-refractivity contribution in [3.63, 3.8) is 0 Å². The third-order valence-electron chi connectivity index (χ3n) is 8.00. The highest BCUT2D eigenvalue weighted by Gasteiger charge is 2.61. The maximum atomic E-state index is 13.6. The standard InChI is InChI=1S/C33H39NO6Si/c1-32(2,3)41(25-17-11-7-12-18-25,26-19-13-8-14-20-26)38-23-28-30-29(39-33(4,5)40-30)27(21-35)34(28)31(36)37-22-24-15-9-6-10-16-24/h6-21,27-30H,22-23H2,1-5H3/t27-,28-,29+,30-/m1/s1. The van der Waals surface area contributed by atoms with Crippen LogP contribution in [0.3, 0.4) is 0 Å². The second kappa shape index (κ2) is 11.5. The van der Waals surface area contributed by atoms with Gasteiger partial charge in [-0.25, -0.2) is 4.79 Å². The number of fused-ring (bicyclic) bond motifs is 1. The van der Waals surface area contributed by atoms with E-state index in [0.717, 1.165) is 22.2 Å². The summed E-state index contributed by atoms with van der Waals surface area (Å²) in [5.74, 6) is -0.897. The largest absolute Gasteiger partial charge is 0.445 e. The van der Waals surface area contributed by atoms with Gasteiger partial charge in [0.25, 0.3) is 8.32 Å². The van der Waals surface area contributed by atoms with E-state index in [2.05, 4.69) is 45.0 Å². The number of carbonyl (C=O) groups excluding carboxylic acids is 2. The molecule has 0 spiro atoms. The first-order chi connectivity index (χ1) is 19.6. The van der Waals surface area contributed by atoms with Crippen LogP contribution in [0.15, 0.2) is 91.0 Å². The number of amides is 1. The predicted molar refractivity (Wildman–Crippen MR) is 160 cm³/mol. The number of hydrogen-bond donors (Lipinski definition) is 0. The third-order valence-corrected chi connectivity index (χ3v) is 13.0. The van der Waals surface area contributed by atoms with E-state index in [9.17, 15) is 9.59 Å². The molecule has 0 N–H and O–H groups in total. The normalized spacial score (nSPS) is 23.7. The zero-order chi connectivity index (χ0) is 29.3. The Morgan fingerprint density at radius 2 is 1.39 bits per heavy atom.